The summed E-state index contributed by atoms with van der Waals surface area (Å²) in [4.78, 5) is 27.4. The largest absolute Gasteiger partial charge is 0.378 e. The highest BCUT2D eigenvalue weighted by atomic mass is 16.5. The monoisotopic (exact) mass is 342 g/mol. The van der Waals surface area contributed by atoms with Gasteiger partial charge in [0.25, 0.3) is 5.91 Å². The number of ether oxygens (including phenoxy) is 1. The Morgan fingerprint density at radius 1 is 1.32 bits per heavy atom. The van der Waals surface area contributed by atoms with Gasteiger partial charge in [-0.1, -0.05) is 27.2 Å². The van der Waals surface area contributed by atoms with Gasteiger partial charge in [0.15, 0.2) is 5.65 Å². The molecule has 6 nitrogen and oxygen atoms in total. The summed E-state index contributed by atoms with van der Waals surface area (Å²) in [6.07, 6.45) is 6.48. The molecule has 0 unspecified atom stereocenters. The van der Waals surface area contributed by atoms with Gasteiger partial charge >= 0.3 is 0 Å². The van der Waals surface area contributed by atoms with Gasteiger partial charge in [-0.3, -0.25) is 9.78 Å². The number of carbonyl (C=O) groups is 1. The number of carbonyl (C=O) groups excluding carboxylic acids is 1. The number of hydrogen-bond acceptors (Lipinski definition) is 5. The summed E-state index contributed by atoms with van der Waals surface area (Å²) in [7, 11) is 1.85. The highest BCUT2D eigenvalue weighted by Crippen LogP contribution is 2.45. The van der Waals surface area contributed by atoms with Gasteiger partial charge < -0.3 is 9.64 Å². The molecule has 0 bridgehead atoms. The fraction of sp³-hybridized carbons (Fsp3) is 0.579. The summed E-state index contributed by atoms with van der Waals surface area (Å²) in [5, 5.41) is 0. The van der Waals surface area contributed by atoms with E-state index in [-0.39, 0.29) is 23.5 Å². The molecule has 1 fully saturated rings. The number of hydrogen-bond donors (Lipinski definition) is 0. The molecule has 2 aromatic heterocycles. The molecule has 1 saturated carbocycles. The van der Waals surface area contributed by atoms with Crippen LogP contribution in [-0.2, 0) is 4.74 Å². The van der Waals surface area contributed by atoms with E-state index in [1.54, 1.807) is 29.4 Å². The van der Waals surface area contributed by atoms with Crippen LogP contribution < -0.4 is 0 Å². The maximum absolute atomic E-state index is 12.9. The van der Waals surface area contributed by atoms with E-state index in [1.807, 2.05) is 7.05 Å². The first-order chi connectivity index (χ1) is 11.9. The Bertz CT molecular complexity index is 762. The van der Waals surface area contributed by atoms with Crippen LogP contribution in [0.5, 0.6) is 0 Å². The predicted octanol–water partition coefficient (Wildman–Crippen LogP) is 3.08. The first-order valence-corrected chi connectivity index (χ1v) is 8.91. The summed E-state index contributed by atoms with van der Waals surface area (Å²) in [6.45, 7) is 7.28. The Labute approximate surface area is 148 Å². The smallest absolute Gasteiger partial charge is 0.272 e. The highest BCUT2D eigenvalue weighted by Gasteiger charge is 2.52. The van der Waals surface area contributed by atoms with E-state index in [4.69, 9.17) is 4.74 Å². The van der Waals surface area contributed by atoms with Crippen molar-refractivity contribution in [1.82, 2.24) is 19.9 Å². The second kappa shape index (κ2) is 7.04. The minimum Gasteiger partial charge on any atom is -0.378 e. The first kappa shape index (κ1) is 17.7. The molecule has 0 N–H and O–H groups in total. The Morgan fingerprint density at radius 3 is 2.80 bits per heavy atom. The van der Waals surface area contributed by atoms with Gasteiger partial charge in [0.1, 0.15) is 11.2 Å². The van der Waals surface area contributed by atoms with Crippen molar-refractivity contribution in [2.24, 2.45) is 5.41 Å². The van der Waals surface area contributed by atoms with Crippen LogP contribution in [0.2, 0.25) is 0 Å². The lowest BCUT2D eigenvalue weighted by Gasteiger charge is -2.54. The van der Waals surface area contributed by atoms with Crippen LogP contribution in [0, 0.1) is 5.41 Å². The molecule has 6 heteroatoms. The van der Waals surface area contributed by atoms with E-state index in [0.29, 0.717) is 16.9 Å². The molecule has 2 atom stereocenters. The van der Waals surface area contributed by atoms with Crippen molar-refractivity contribution < 1.29 is 9.53 Å². The molecule has 3 rings (SSSR count). The number of nitrogens with zero attached hydrogens (tertiary/aromatic N) is 4. The zero-order valence-electron chi connectivity index (χ0n) is 15.4. The van der Waals surface area contributed by atoms with Crippen molar-refractivity contribution >= 4 is 17.1 Å². The van der Waals surface area contributed by atoms with Gasteiger partial charge in [-0.15, -0.1) is 0 Å². The van der Waals surface area contributed by atoms with Crippen LogP contribution in [-0.4, -0.2) is 51.6 Å². The zero-order chi connectivity index (χ0) is 18.0. The minimum atomic E-state index is -0.0855. The molecule has 0 saturated heterocycles. The summed E-state index contributed by atoms with van der Waals surface area (Å²) in [5.74, 6) is -0.0855. The lowest BCUT2D eigenvalue weighted by molar-refractivity contribution is -0.140. The van der Waals surface area contributed by atoms with Crippen LogP contribution >= 0.6 is 0 Å². The van der Waals surface area contributed by atoms with Gasteiger partial charge in [0.2, 0.25) is 0 Å². The Kier molecular flexibility index (Phi) is 4.99. The first-order valence-electron chi connectivity index (χ1n) is 8.91. The number of unbranched alkanes of at least 4 members (excludes halogenated alkanes) is 1. The van der Waals surface area contributed by atoms with Crippen molar-refractivity contribution in [2.45, 2.75) is 52.2 Å². The minimum absolute atomic E-state index is 0.0607. The van der Waals surface area contributed by atoms with Crippen molar-refractivity contribution in [2.75, 3.05) is 13.7 Å². The summed E-state index contributed by atoms with van der Waals surface area (Å²) < 4.78 is 5.99. The fourth-order valence-corrected chi connectivity index (χ4v) is 3.47. The van der Waals surface area contributed by atoms with Crippen molar-refractivity contribution in [3.8, 4) is 0 Å². The van der Waals surface area contributed by atoms with E-state index < -0.39 is 0 Å². The number of pyridine rings is 1. The zero-order valence-corrected chi connectivity index (χ0v) is 15.4. The lowest BCUT2D eigenvalue weighted by Crippen LogP contribution is -2.62. The average molecular weight is 342 g/mol. The molecule has 1 aliphatic carbocycles. The standard InChI is InChI=1S/C19H26N4O2/c1-5-6-11-25-16-12-15(19(16,2)3)23(4)18(24)14-8-7-13-17(22-14)21-10-9-20-13/h7-10,15-16H,5-6,11-12H2,1-4H3/t15-,16-/m1/s1. The molecule has 0 spiro atoms. The molecular formula is C19H26N4O2. The number of rotatable bonds is 6. The Balaban J connectivity index is 1.70. The van der Waals surface area contributed by atoms with Crippen molar-refractivity contribution in [3.05, 3.63) is 30.2 Å². The number of fused-ring (bicyclic) bond motifs is 1. The van der Waals surface area contributed by atoms with E-state index >= 15 is 0 Å². The fourth-order valence-electron chi connectivity index (χ4n) is 3.47. The van der Waals surface area contributed by atoms with E-state index in [2.05, 4.69) is 35.7 Å². The van der Waals surface area contributed by atoms with Gasteiger partial charge in [-0.2, -0.15) is 0 Å². The van der Waals surface area contributed by atoms with Gasteiger partial charge in [-0.05, 0) is 25.0 Å². The predicted molar refractivity (Wildman–Crippen MR) is 96.3 cm³/mol. The molecule has 1 amide bonds. The maximum atomic E-state index is 12.9. The molecule has 0 aromatic carbocycles. The molecule has 2 aromatic rings. The van der Waals surface area contributed by atoms with Crippen LogP contribution in [0.15, 0.2) is 24.5 Å². The van der Waals surface area contributed by atoms with Crippen LogP contribution in [0.3, 0.4) is 0 Å². The van der Waals surface area contributed by atoms with Crippen molar-refractivity contribution in [3.63, 3.8) is 0 Å². The normalized spacial score (nSPS) is 21.8. The van der Waals surface area contributed by atoms with E-state index in [0.717, 1.165) is 25.9 Å². The topological polar surface area (TPSA) is 68.2 Å². The highest BCUT2D eigenvalue weighted by molar-refractivity contribution is 5.94. The molecule has 25 heavy (non-hydrogen) atoms. The van der Waals surface area contributed by atoms with Crippen LogP contribution in [0.25, 0.3) is 11.2 Å². The second-order valence-corrected chi connectivity index (χ2v) is 7.30. The third-order valence-electron chi connectivity index (χ3n) is 5.28. The molecule has 2 heterocycles. The summed E-state index contributed by atoms with van der Waals surface area (Å²) >= 11 is 0. The maximum Gasteiger partial charge on any atom is 0.272 e. The SMILES string of the molecule is CCCCO[C@@H]1C[C@@H](N(C)C(=O)c2ccc3nccnc3n2)C1(C)C. The molecule has 0 aliphatic heterocycles. The summed E-state index contributed by atoms with van der Waals surface area (Å²) in [6, 6.07) is 3.65. The lowest BCUT2D eigenvalue weighted by atomic mass is 9.63. The number of amides is 1. The third-order valence-corrected chi connectivity index (χ3v) is 5.28. The second-order valence-electron chi connectivity index (χ2n) is 7.30. The van der Waals surface area contributed by atoms with E-state index in [9.17, 15) is 4.79 Å². The average Bonchev–Trinajstić information content (AvgIpc) is 2.62. The Morgan fingerprint density at radius 2 is 2.08 bits per heavy atom. The van der Waals surface area contributed by atoms with Gasteiger partial charge in [0.05, 0.1) is 6.10 Å². The third kappa shape index (κ3) is 3.35. The van der Waals surface area contributed by atoms with Gasteiger partial charge in [0, 0.05) is 37.5 Å². The van der Waals surface area contributed by atoms with Crippen LogP contribution in [0.4, 0.5) is 0 Å². The molecule has 1 aliphatic rings. The molecule has 134 valence electrons. The quantitative estimate of drug-likeness (QED) is 0.755. The van der Waals surface area contributed by atoms with Crippen molar-refractivity contribution in [1.29, 1.82) is 0 Å². The molecule has 0 radical (unpaired) electrons. The van der Waals surface area contributed by atoms with Gasteiger partial charge in [-0.25, -0.2) is 9.97 Å². The van der Waals surface area contributed by atoms with Crippen LogP contribution in [0.1, 0.15) is 50.5 Å². The Hall–Kier alpha value is -2.08. The molecular weight excluding hydrogens is 316 g/mol. The summed E-state index contributed by atoms with van der Waals surface area (Å²) in [5.41, 5.74) is 1.53. The number of aromatic nitrogens is 3. The van der Waals surface area contributed by atoms with E-state index in [1.165, 1.54) is 0 Å².